The maximum atomic E-state index is 12.9. The summed E-state index contributed by atoms with van der Waals surface area (Å²) in [6.07, 6.45) is 1.81. The summed E-state index contributed by atoms with van der Waals surface area (Å²) in [7, 11) is 3.67. The number of ether oxygens (including phenoxy) is 1. The molecule has 0 aromatic carbocycles. The molecule has 0 spiro atoms. The number of aryl methyl sites for hydroxylation is 3. The zero-order valence-corrected chi connectivity index (χ0v) is 14.1. The molecule has 0 unspecified atom stereocenters. The molecule has 0 radical (unpaired) electrons. The Morgan fingerprint density at radius 3 is 2.96 bits per heavy atom. The van der Waals surface area contributed by atoms with Crippen molar-refractivity contribution in [2.45, 2.75) is 32.9 Å². The van der Waals surface area contributed by atoms with E-state index in [2.05, 4.69) is 10.1 Å². The molecule has 0 saturated carbocycles. The number of fused-ring (bicyclic) bond motifs is 1. The average molecular weight is 317 g/mol. The van der Waals surface area contributed by atoms with Crippen LogP contribution in [0.5, 0.6) is 0 Å². The van der Waals surface area contributed by atoms with Crippen LogP contribution in [0.1, 0.15) is 40.4 Å². The third-order valence-electron chi connectivity index (χ3n) is 4.31. The summed E-state index contributed by atoms with van der Waals surface area (Å²) >= 11 is 0. The van der Waals surface area contributed by atoms with E-state index in [1.807, 2.05) is 42.8 Å². The van der Waals surface area contributed by atoms with Crippen molar-refractivity contribution in [2.75, 3.05) is 20.3 Å². The number of carbonyl (C=O) groups is 1. The minimum Gasteiger partial charge on any atom is -0.384 e. The van der Waals surface area contributed by atoms with E-state index in [9.17, 15) is 4.79 Å². The van der Waals surface area contributed by atoms with Gasteiger partial charge in [0.1, 0.15) is 5.69 Å². The summed E-state index contributed by atoms with van der Waals surface area (Å²) in [6, 6.07) is 1.85. The van der Waals surface area contributed by atoms with Crippen LogP contribution < -0.4 is 0 Å². The SMILES string of the molecule is CCn1nc(C)cc1C(=O)N1Cc2ncn(C)c2[C@@H](COC)C1. The van der Waals surface area contributed by atoms with Crippen molar-refractivity contribution in [3.05, 3.63) is 35.2 Å². The highest BCUT2D eigenvalue weighted by Gasteiger charge is 2.32. The smallest absolute Gasteiger partial charge is 0.272 e. The van der Waals surface area contributed by atoms with Gasteiger partial charge in [0, 0.05) is 38.9 Å². The molecule has 0 aliphatic carbocycles. The lowest BCUT2D eigenvalue weighted by atomic mass is 9.98. The van der Waals surface area contributed by atoms with Crippen molar-refractivity contribution in [1.82, 2.24) is 24.2 Å². The predicted molar refractivity (Wildman–Crippen MR) is 85.2 cm³/mol. The molecular formula is C16H23N5O2. The van der Waals surface area contributed by atoms with E-state index in [1.165, 1.54) is 0 Å². The third kappa shape index (κ3) is 2.76. The van der Waals surface area contributed by atoms with Crippen LogP contribution in [-0.2, 0) is 24.9 Å². The van der Waals surface area contributed by atoms with Crippen molar-refractivity contribution in [3.63, 3.8) is 0 Å². The fraction of sp³-hybridized carbons (Fsp3) is 0.562. The number of rotatable bonds is 4. The fourth-order valence-electron chi connectivity index (χ4n) is 3.34. The fourth-order valence-corrected chi connectivity index (χ4v) is 3.34. The molecule has 3 heterocycles. The van der Waals surface area contributed by atoms with Crippen LogP contribution in [0.15, 0.2) is 12.4 Å². The summed E-state index contributed by atoms with van der Waals surface area (Å²) in [6.45, 7) is 6.31. The Hall–Kier alpha value is -2.15. The van der Waals surface area contributed by atoms with Crippen LogP contribution in [-0.4, -0.2) is 50.4 Å². The predicted octanol–water partition coefficient (Wildman–Crippen LogP) is 1.33. The van der Waals surface area contributed by atoms with Crippen LogP contribution in [0.25, 0.3) is 0 Å². The van der Waals surface area contributed by atoms with Gasteiger partial charge in [-0.05, 0) is 19.9 Å². The molecule has 1 aliphatic heterocycles. The molecule has 7 nitrogen and oxygen atoms in total. The van der Waals surface area contributed by atoms with Crippen molar-refractivity contribution in [1.29, 1.82) is 0 Å². The van der Waals surface area contributed by atoms with Crippen LogP contribution in [0, 0.1) is 6.92 Å². The monoisotopic (exact) mass is 317 g/mol. The van der Waals surface area contributed by atoms with E-state index in [1.54, 1.807) is 11.8 Å². The van der Waals surface area contributed by atoms with Gasteiger partial charge in [-0.1, -0.05) is 0 Å². The molecule has 3 rings (SSSR count). The van der Waals surface area contributed by atoms with E-state index >= 15 is 0 Å². The second-order valence-corrected chi connectivity index (χ2v) is 6.01. The first-order valence-electron chi connectivity index (χ1n) is 7.87. The number of hydrogen-bond acceptors (Lipinski definition) is 4. The maximum absolute atomic E-state index is 12.9. The summed E-state index contributed by atoms with van der Waals surface area (Å²) in [5, 5.41) is 4.37. The van der Waals surface area contributed by atoms with Crippen LogP contribution in [0.3, 0.4) is 0 Å². The molecular weight excluding hydrogens is 294 g/mol. The van der Waals surface area contributed by atoms with Crippen LogP contribution in [0.4, 0.5) is 0 Å². The molecule has 1 amide bonds. The number of imidazole rings is 1. The van der Waals surface area contributed by atoms with Gasteiger partial charge < -0.3 is 14.2 Å². The summed E-state index contributed by atoms with van der Waals surface area (Å²) in [5.41, 5.74) is 3.62. The van der Waals surface area contributed by atoms with E-state index in [-0.39, 0.29) is 11.8 Å². The van der Waals surface area contributed by atoms with Crippen LogP contribution >= 0.6 is 0 Å². The van der Waals surface area contributed by atoms with Gasteiger partial charge in [-0.15, -0.1) is 0 Å². The standard InChI is InChI=1S/C16H23N5O2/c1-5-21-14(6-11(2)18-21)16(22)20-7-12(9-23-4)15-13(8-20)17-10-19(15)3/h6,10,12H,5,7-9H2,1-4H3/t12-/m1/s1. The molecule has 0 N–H and O–H groups in total. The largest absolute Gasteiger partial charge is 0.384 e. The molecule has 0 fully saturated rings. The van der Waals surface area contributed by atoms with Crippen LogP contribution in [0.2, 0.25) is 0 Å². The van der Waals surface area contributed by atoms with E-state index in [0.29, 0.717) is 31.9 Å². The molecule has 23 heavy (non-hydrogen) atoms. The Kier molecular flexibility index (Phi) is 4.21. The van der Waals surface area contributed by atoms with E-state index in [4.69, 9.17) is 4.74 Å². The highest BCUT2D eigenvalue weighted by Crippen LogP contribution is 2.28. The highest BCUT2D eigenvalue weighted by molar-refractivity contribution is 5.92. The van der Waals surface area contributed by atoms with Gasteiger partial charge in [0.05, 0.1) is 30.9 Å². The quantitative estimate of drug-likeness (QED) is 0.853. The first-order chi connectivity index (χ1) is 11.0. The molecule has 124 valence electrons. The van der Waals surface area contributed by atoms with Gasteiger partial charge in [0.2, 0.25) is 0 Å². The van der Waals surface area contributed by atoms with Gasteiger partial charge in [-0.3, -0.25) is 9.48 Å². The number of carbonyl (C=O) groups excluding carboxylic acids is 1. The number of hydrogen-bond donors (Lipinski definition) is 0. The summed E-state index contributed by atoms with van der Waals surface area (Å²) in [4.78, 5) is 19.3. The molecule has 2 aromatic heterocycles. The molecule has 7 heteroatoms. The zero-order chi connectivity index (χ0) is 16.6. The molecule has 1 aliphatic rings. The summed E-state index contributed by atoms with van der Waals surface area (Å²) < 4.78 is 9.14. The lowest BCUT2D eigenvalue weighted by Crippen LogP contribution is -2.40. The zero-order valence-electron chi connectivity index (χ0n) is 14.1. The highest BCUT2D eigenvalue weighted by atomic mass is 16.5. The molecule has 0 bridgehead atoms. The number of amides is 1. The molecule has 2 aromatic rings. The van der Waals surface area contributed by atoms with Gasteiger partial charge in [0.15, 0.2) is 0 Å². The molecule has 1 atom stereocenters. The lowest BCUT2D eigenvalue weighted by Gasteiger charge is -2.32. The Bertz CT molecular complexity index is 718. The first kappa shape index (κ1) is 15.7. The average Bonchev–Trinajstić information content (AvgIpc) is 3.10. The number of aromatic nitrogens is 4. The Morgan fingerprint density at radius 2 is 2.26 bits per heavy atom. The van der Waals surface area contributed by atoms with Crippen molar-refractivity contribution >= 4 is 5.91 Å². The second-order valence-electron chi connectivity index (χ2n) is 6.01. The topological polar surface area (TPSA) is 65.2 Å². The van der Waals surface area contributed by atoms with Gasteiger partial charge in [-0.2, -0.15) is 5.10 Å². The number of nitrogens with zero attached hydrogens (tertiary/aromatic N) is 5. The minimum atomic E-state index is 0.00450. The summed E-state index contributed by atoms with van der Waals surface area (Å²) in [5.74, 6) is 0.143. The van der Waals surface area contributed by atoms with Crippen molar-refractivity contribution in [3.8, 4) is 0 Å². The normalized spacial score (nSPS) is 17.4. The van der Waals surface area contributed by atoms with E-state index in [0.717, 1.165) is 17.1 Å². The van der Waals surface area contributed by atoms with Gasteiger partial charge >= 0.3 is 0 Å². The van der Waals surface area contributed by atoms with Crippen molar-refractivity contribution in [2.24, 2.45) is 7.05 Å². The lowest BCUT2D eigenvalue weighted by molar-refractivity contribution is 0.0661. The Labute approximate surface area is 135 Å². The number of methoxy groups -OCH3 is 1. The van der Waals surface area contributed by atoms with Gasteiger partial charge in [-0.25, -0.2) is 4.98 Å². The van der Waals surface area contributed by atoms with Gasteiger partial charge in [0.25, 0.3) is 5.91 Å². The minimum absolute atomic E-state index is 0.00450. The van der Waals surface area contributed by atoms with Crippen molar-refractivity contribution < 1.29 is 9.53 Å². The Balaban J connectivity index is 1.90. The first-order valence-corrected chi connectivity index (χ1v) is 7.87. The second kappa shape index (κ2) is 6.16. The third-order valence-corrected chi connectivity index (χ3v) is 4.31. The Morgan fingerprint density at radius 1 is 1.48 bits per heavy atom. The van der Waals surface area contributed by atoms with E-state index < -0.39 is 0 Å². The maximum Gasteiger partial charge on any atom is 0.272 e. The molecule has 0 saturated heterocycles.